The molecule has 0 unspecified atom stereocenters. The van der Waals surface area contributed by atoms with Crippen molar-refractivity contribution < 1.29 is 0 Å². The summed E-state index contributed by atoms with van der Waals surface area (Å²) in [6.45, 7) is 19.1. The third-order valence-corrected chi connectivity index (χ3v) is 16.7. The number of rotatable bonds is 4. The molecular formula is C66H54. The van der Waals surface area contributed by atoms with E-state index >= 15 is 0 Å². The van der Waals surface area contributed by atoms with Gasteiger partial charge in [-0.05, 0) is 176 Å². The summed E-state index contributed by atoms with van der Waals surface area (Å²) in [5.41, 5.74) is 32.0. The van der Waals surface area contributed by atoms with Gasteiger partial charge in [0.1, 0.15) is 0 Å². The second-order valence-electron chi connectivity index (χ2n) is 21.7. The van der Waals surface area contributed by atoms with Crippen molar-refractivity contribution in [2.24, 2.45) is 0 Å². The molecule has 0 bridgehead atoms. The summed E-state index contributed by atoms with van der Waals surface area (Å²) >= 11 is 0. The fourth-order valence-electron chi connectivity index (χ4n) is 12.8. The van der Waals surface area contributed by atoms with Crippen LogP contribution in [0.1, 0.15) is 99.9 Å². The maximum absolute atomic E-state index is 2.48. The largest absolute Gasteiger partial charge is 0.0619 e. The smallest absolute Gasteiger partial charge is 0.0159 e. The van der Waals surface area contributed by atoms with Crippen LogP contribution in [0.2, 0.25) is 0 Å². The van der Waals surface area contributed by atoms with Crippen molar-refractivity contribution in [2.75, 3.05) is 0 Å². The Labute approximate surface area is 390 Å². The lowest BCUT2D eigenvalue weighted by Crippen LogP contribution is -2.16. The Morgan fingerprint density at radius 3 is 0.667 bits per heavy atom. The molecule has 0 heterocycles. The van der Waals surface area contributed by atoms with Gasteiger partial charge in [-0.25, -0.2) is 0 Å². The van der Waals surface area contributed by atoms with E-state index in [4.69, 9.17) is 0 Å². The highest BCUT2D eigenvalue weighted by Gasteiger charge is 2.40. The molecule has 4 aliphatic carbocycles. The molecule has 66 heavy (non-hydrogen) atoms. The first-order valence-electron chi connectivity index (χ1n) is 23.9. The molecule has 0 saturated heterocycles. The molecule has 0 aromatic heterocycles. The summed E-state index contributed by atoms with van der Waals surface area (Å²) in [7, 11) is 0. The van der Waals surface area contributed by atoms with Crippen molar-refractivity contribution in [3.05, 3.63) is 226 Å². The Balaban J connectivity index is 0.796. The Morgan fingerprint density at radius 1 is 0.182 bits per heavy atom. The number of hydrogen-bond acceptors (Lipinski definition) is 0. The van der Waals surface area contributed by atoms with E-state index in [1.807, 2.05) is 0 Å². The fourth-order valence-corrected chi connectivity index (χ4v) is 12.8. The molecular weight excluding hydrogens is 793 g/mol. The summed E-state index contributed by atoms with van der Waals surface area (Å²) < 4.78 is 0. The van der Waals surface area contributed by atoms with Crippen LogP contribution in [0.15, 0.2) is 182 Å². The quantitative estimate of drug-likeness (QED) is 0.166. The van der Waals surface area contributed by atoms with Gasteiger partial charge in [-0.15, -0.1) is 0 Å². The van der Waals surface area contributed by atoms with Crippen molar-refractivity contribution >= 4 is 0 Å². The highest BCUT2D eigenvalue weighted by molar-refractivity contribution is 5.91. The summed E-state index contributed by atoms with van der Waals surface area (Å²) in [6, 6.07) is 69.9. The standard InChI is InChI=1S/C66H54/c1-63(2)55-18-11-9-16-47(55)49-26-20-41(33-57(49)63)39-14-13-15-40(32-39)42-21-28-51-52-30-24-45(37-60(52)65(5,6)59(51)34-42)46-25-31-54-53-29-23-44(36-61(53)66(7,8)62(54)38-46)43-22-27-50-48-17-10-12-19-56(48)64(3,4)58(50)35-43/h9-38H,1-8H3. The minimum atomic E-state index is -0.146. The van der Waals surface area contributed by atoms with Gasteiger partial charge in [-0.3, -0.25) is 0 Å². The van der Waals surface area contributed by atoms with E-state index in [1.54, 1.807) is 0 Å². The van der Waals surface area contributed by atoms with E-state index < -0.39 is 0 Å². The van der Waals surface area contributed by atoms with E-state index in [1.165, 1.54) is 134 Å². The topological polar surface area (TPSA) is 0 Å². The van der Waals surface area contributed by atoms with Crippen LogP contribution in [0.25, 0.3) is 89.0 Å². The second-order valence-corrected chi connectivity index (χ2v) is 21.7. The third kappa shape index (κ3) is 5.33. The van der Waals surface area contributed by atoms with E-state index in [9.17, 15) is 0 Å². The first-order chi connectivity index (χ1) is 31.7. The van der Waals surface area contributed by atoms with Crippen LogP contribution in [-0.4, -0.2) is 0 Å². The number of benzene rings is 9. The first-order valence-corrected chi connectivity index (χ1v) is 23.9. The SMILES string of the molecule is CC1(C)c2ccccc2-c2ccc(-c3cccc(-c4ccc5c(c4)C(C)(C)c4cc(-c6ccc7c(c6)C(C)(C)c6cc(-c8ccc9c(c8)C(C)(C)c8ccccc8-9)ccc6-7)ccc4-5)c3)cc21. The Hall–Kier alpha value is -7.02. The third-order valence-electron chi connectivity index (χ3n) is 16.7. The molecule has 318 valence electrons. The molecule has 0 amide bonds. The predicted octanol–water partition coefficient (Wildman–Crippen LogP) is 17.6. The van der Waals surface area contributed by atoms with E-state index in [2.05, 4.69) is 237 Å². The molecule has 0 nitrogen and oxygen atoms in total. The van der Waals surface area contributed by atoms with Crippen LogP contribution in [-0.2, 0) is 21.7 Å². The lowest BCUT2D eigenvalue weighted by Gasteiger charge is -2.24. The summed E-state index contributed by atoms with van der Waals surface area (Å²) in [6.07, 6.45) is 0. The Kier molecular flexibility index (Phi) is 7.93. The molecule has 0 radical (unpaired) electrons. The van der Waals surface area contributed by atoms with Gasteiger partial charge in [-0.1, -0.05) is 195 Å². The van der Waals surface area contributed by atoms with Gasteiger partial charge in [0, 0.05) is 21.7 Å². The van der Waals surface area contributed by atoms with Gasteiger partial charge in [0.15, 0.2) is 0 Å². The number of hydrogen-bond donors (Lipinski definition) is 0. The van der Waals surface area contributed by atoms with E-state index in [0.717, 1.165) is 0 Å². The molecule has 0 heteroatoms. The molecule has 0 N–H and O–H groups in total. The monoisotopic (exact) mass is 846 g/mol. The summed E-state index contributed by atoms with van der Waals surface area (Å²) in [4.78, 5) is 0. The normalized spacial score (nSPS) is 16.4. The molecule has 0 fully saturated rings. The molecule has 0 atom stereocenters. The highest BCUT2D eigenvalue weighted by atomic mass is 14.4. The molecule has 0 aliphatic heterocycles. The predicted molar refractivity (Wildman–Crippen MR) is 278 cm³/mol. The Bertz CT molecular complexity index is 3580. The zero-order valence-corrected chi connectivity index (χ0v) is 39.3. The van der Waals surface area contributed by atoms with Gasteiger partial charge in [0.25, 0.3) is 0 Å². The van der Waals surface area contributed by atoms with Crippen molar-refractivity contribution in [3.63, 3.8) is 0 Å². The van der Waals surface area contributed by atoms with E-state index in [0.29, 0.717) is 0 Å². The molecule has 0 spiro atoms. The lowest BCUT2D eigenvalue weighted by molar-refractivity contribution is 0.659. The van der Waals surface area contributed by atoms with Crippen molar-refractivity contribution in [1.29, 1.82) is 0 Å². The van der Waals surface area contributed by atoms with Gasteiger partial charge in [-0.2, -0.15) is 0 Å². The van der Waals surface area contributed by atoms with Crippen molar-refractivity contribution in [1.82, 2.24) is 0 Å². The highest BCUT2D eigenvalue weighted by Crippen LogP contribution is 2.55. The van der Waals surface area contributed by atoms with E-state index in [-0.39, 0.29) is 21.7 Å². The van der Waals surface area contributed by atoms with Crippen LogP contribution in [0, 0.1) is 0 Å². The minimum Gasteiger partial charge on any atom is -0.0619 e. The zero-order valence-electron chi connectivity index (χ0n) is 39.3. The number of fused-ring (bicyclic) bond motifs is 12. The molecule has 9 aromatic carbocycles. The van der Waals surface area contributed by atoms with Gasteiger partial charge in [0.05, 0.1) is 0 Å². The molecule has 0 saturated carbocycles. The van der Waals surface area contributed by atoms with Crippen molar-refractivity contribution in [2.45, 2.75) is 77.0 Å². The first kappa shape index (κ1) is 39.4. The second kappa shape index (κ2) is 13.3. The Morgan fingerprint density at radius 2 is 0.394 bits per heavy atom. The molecule has 9 aromatic rings. The van der Waals surface area contributed by atoms with Crippen LogP contribution in [0.5, 0.6) is 0 Å². The van der Waals surface area contributed by atoms with Gasteiger partial charge in [0.2, 0.25) is 0 Å². The van der Waals surface area contributed by atoms with Gasteiger partial charge < -0.3 is 0 Å². The maximum Gasteiger partial charge on any atom is 0.0159 e. The average Bonchev–Trinajstić information content (AvgIpc) is 3.90. The molecule has 4 aliphatic rings. The summed E-state index contributed by atoms with van der Waals surface area (Å²) in [5, 5.41) is 0. The average molecular weight is 847 g/mol. The van der Waals surface area contributed by atoms with Crippen LogP contribution in [0.3, 0.4) is 0 Å². The summed E-state index contributed by atoms with van der Waals surface area (Å²) in [5.74, 6) is 0. The van der Waals surface area contributed by atoms with Crippen molar-refractivity contribution in [3.8, 4) is 89.0 Å². The maximum atomic E-state index is 2.48. The fraction of sp³-hybridized carbons (Fsp3) is 0.182. The van der Waals surface area contributed by atoms with Crippen LogP contribution in [0.4, 0.5) is 0 Å². The molecule has 13 rings (SSSR count). The van der Waals surface area contributed by atoms with Crippen LogP contribution < -0.4 is 0 Å². The van der Waals surface area contributed by atoms with Crippen LogP contribution >= 0.6 is 0 Å². The lowest BCUT2D eigenvalue weighted by atomic mass is 9.79. The zero-order chi connectivity index (χ0) is 45.1. The minimum absolute atomic E-state index is 0.0218. The van der Waals surface area contributed by atoms with Gasteiger partial charge >= 0.3 is 0 Å².